The van der Waals surface area contributed by atoms with E-state index in [9.17, 15) is 14.4 Å². The number of allylic oxidation sites excluding steroid dienone is 18. The summed E-state index contributed by atoms with van der Waals surface area (Å²) in [4.78, 5) is 37.9. The minimum Gasteiger partial charge on any atom is -0.462 e. The van der Waals surface area contributed by atoms with Crippen LogP contribution in [0.1, 0.15) is 303 Å². The molecule has 0 bridgehead atoms. The Labute approximate surface area is 476 Å². The molecule has 1 unspecified atom stereocenters. The number of esters is 3. The van der Waals surface area contributed by atoms with Gasteiger partial charge in [0.25, 0.3) is 0 Å². The first-order chi connectivity index (χ1) is 38.0. The predicted octanol–water partition coefficient (Wildman–Crippen LogP) is 22.2. The van der Waals surface area contributed by atoms with Crippen LogP contribution in [0.5, 0.6) is 0 Å². The first kappa shape index (κ1) is 73.1. The zero-order chi connectivity index (χ0) is 55.7. The molecule has 0 saturated carbocycles. The maximum Gasteiger partial charge on any atom is 0.306 e. The van der Waals surface area contributed by atoms with Gasteiger partial charge in [-0.2, -0.15) is 0 Å². The van der Waals surface area contributed by atoms with E-state index in [1.54, 1.807) is 0 Å². The molecule has 0 N–H and O–H groups in total. The highest BCUT2D eigenvalue weighted by Crippen LogP contribution is 2.16. The van der Waals surface area contributed by atoms with Crippen LogP contribution in [0.2, 0.25) is 0 Å². The van der Waals surface area contributed by atoms with Crippen LogP contribution in [0, 0.1) is 0 Å². The quantitative estimate of drug-likeness (QED) is 0.0261. The SMILES string of the molecule is CC/C=C\C/C=C\C/C=C\C/C=C\C/C=C\C/C=C\C/C=C\CCCCCCCCCC(=O)OCC(COC(=O)CCCCCCC)OC(=O)CCCCCCCCCCCCCCC/C=C\C/C=C\CCCCCCC. The second-order valence-corrected chi connectivity index (χ2v) is 21.3. The van der Waals surface area contributed by atoms with Gasteiger partial charge in [0.1, 0.15) is 13.2 Å². The van der Waals surface area contributed by atoms with Gasteiger partial charge in [-0.25, -0.2) is 0 Å². The van der Waals surface area contributed by atoms with E-state index in [0.717, 1.165) is 122 Å². The maximum absolute atomic E-state index is 12.8. The van der Waals surface area contributed by atoms with Crippen LogP contribution in [-0.2, 0) is 28.6 Å². The zero-order valence-electron chi connectivity index (χ0n) is 50.4. The Morgan fingerprint density at radius 3 is 0.792 bits per heavy atom. The lowest BCUT2D eigenvalue weighted by Crippen LogP contribution is -2.30. The van der Waals surface area contributed by atoms with Crippen molar-refractivity contribution in [2.75, 3.05) is 13.2 Å². The molecule has 0 saturated heterocycles. The van der Waals surface area contributed by atoms with Crippen LogP contribution in [0.15, 0.2) is 109 Å². The van der Waals surface area contributed by atoms with E-state index in [0.29, 0.717) is 19.3 Å². The lowest BCUT2D eigenvalue weighted by atomic mass is 10.0. The largest absolute Gasteiger partial charge is 0.462 e. The fraction of sp³-hybridized carbons (Fsp3) is 0.704. The van der Waals surface area contributed by atoms with Crippen molar-refractivity contribution in [1.29, 1.82) is 0 Å². The first-order valence-electron chi connectivity index (χ1n) is 32.4. The molecule has 0 fully saturated rings. The molecule has 0 aliphatic carbocycles. The molecule has 0 amide bonds. The minimum atomic E-state index is -0.781. The second-order valence-electron chi connectivity index (χ2n) is 21.3. The lowest BCUT2D eigenvalue weighted by molar-refractivity contribution is -0.167. The Hall–Kier alpha value is -3.93. The number of ether oxygens (including phenoxy) is 3. The molecule has 440 valence electrons. The summed E-state index contributed by atoms with van der Waals surface area (Å²) >= 11 is 0. The standard InChI is InChI=1S/C71H120O6/c1-4-7-10-13-15-17-19-21-23-25-27-29-31-33-34-35-36-38-39-41-43-45-47-49-51-53-55-58-61-64-70(73)76-67-68(66-75-69(72)63-60-57-12-9-6-3)77-71(74)65-62-59-56-54-52-50-48-46-44-42-40-37-32-30-28-26-24-22-20-18-16-14-11-8-5-2/h7,10,15,17,20-23,26-29,33-34,36,38,41,43,68H,4-6,8-9,11-14,16,18-19,24-25,30-32,35,37,39-40,42,44-67H2,1-3H3/b10-7-,17-15-,22-20-,23-21-,28-26-,29-27-,34-33-,38-36-,43-41-. The summed E-state index contributed by atoms with van der Waals surface area (Å²) in [7, 11) is 0. The molecule has 0 heterocycles. The summed E-state index contributed by atoms with van der Waals surface area (Å²) in [6.07, 6.45) is 88.6. The summed E-state index contributed by atoms with van der Waals surface area (Å²) in [6, 6.07) is 0. The highest BCUT2D eigenvalue weighted by molar-refractivity contribution is 5.71. The van der Waals surface area contributed by atoms with Crippen LogP contribution in [-0.4, -0.2) is 37.2 Å². The van der Waals surface area contributed by atoms with Crippen molar-refractivity contribution in [3.05, 3.63) is 109 Å². The van der Waals surface area contributed by atoms with E-state index in [2.05, 4.69) is 130 Å². The molecule has 0 radical (unpaired) electrons. The third kappa shape index (κ3) is 62.8. The number of carbonyl (C=O) groups is 3. The first-order valence-corrected chi connectivity index (χ1v) is 32.4. The Kier molecular flexibility index (Phi) is 61.3. The van der Waals surface area contributed by atoms with Gasteiger partial charge in [-0.05, 0) is 109 Å². The summed E-state index contributed by atoms with van der Waals surface area (Å²) in [5.41, 5.74) is 0. The molecule has 1 atom stereocenters. The van der Waals surface area contributed by atoms with Crippen LogP contribution in [0.4, 0.5) is 0 Å². The summed E-state index contributed by atoms with van der Waals surface area (Å²) in [5, 5.41) is 0. The van der Waals surface area contributed by atoms with Gasteiger partial charge in [-0.3, -0.25) is 14.4 Å². The van der Waals surface area contributed by atoms with E-state index in [1.165, 1.54) is 141 Å². The van der Waals surface area contributed by atoms with Crippen LogP contribution in [0.25, 0.3) is 0 Å². The highest BCUT2D eigenvalue weighted by atomic mass is 16.6. The molecule has 0 rings (SSSR count). The average molecular weight is 1070 g/mol. The minimum absolute atomic E-state index is 0.0820. The molecule has 6 heteroatoms. The highest BCUT2D eigenvalue weighted by Gasteiger charge is 2.19. The smallest absolute Gasteiger partial charge is 0.306 e. The maximum atomic E-state index is 12.8. The molecular formula is C71H120O6. The van der Waals surface area contributed by atoms with Crippen molar-refractivity contribution in [1.82, 2.24) is 0 Å². The van der Waals surface area contributed by atoms with Gasteiger partial charge in [0, 0.05) is 19.3 Å². The van der Waals surface area contributed by atoms with Crippen molar-refractivity contribution in [3.63, 3.8) is 0 Å². The third-order valence-corrected chi connectivity index (χ3v) is 13.8. The molecule has 77 heavy (non-hydrogen) atoms. The molecular weight excluding hydrogens is 949 g/mol. The summed E-state index contributed by atoms with van der Waals surface area (Å²) in [5.74, 6) is -0.902. The van der Waals surface area contributed by atoms with Gasteiger partial charge in [0.05, 0.1) is 0 Å². The number of carbonyl (C=O) groups excluding carboxylic acids is 3. The number of unbranched alkanes of at least 4 members (excludes halogenated alkanes) is 29. The van der Waals surface area contributed by atoms with Gasteiger partial charge in [0.15, 0.2) is 6.10 Å². The van der Waals surface area contributed by atoms with E-state index in [-0.39, 0.29) is 31.1 Å². The van der Waals surface area contributed by atoms with Crippen LogP contribution < -0.4 is 0 Å². The van der Waals surface area contributed by atoms with Gasteiger partial charge in [-0.15, -0.1) is 0 Å². The topological polar surface area (TPSA) is 78.9 Å². The summed E-state index contributed by atoms with van der Waals surface area (Å²) < 4.78 is 16.8. The molecule has 0 aromatic heterocycles. The molecule has 0 aromatic carbocycles. The van der Waals surface area contributed by atoms with E-state index >= 15 is 0 Å². The molecule has 6 nitrogen and oxygen atoms in total. The van der Waals surface area contributed by atoms with E-state index < -0.39 is 6.10 Å². The normalized spacial score (nSPS) is 12.8. The Bertz CT molecular complexity index is 1560. The molecule has 0 aliphatic rings. The van der Waals surface area contributed by atoms with Crippen LogP contribution in [0.3, 0.4) is 0 Å². The average Bonchev–Trinajstić information content (AvgIpc) is 3.43. The third-order valence-electron chi connectivity index (χ3n) is 13.8. The Balaban J connectivity index is 4.08. The molecule has 0 spiro atoms. The van der Waals surface area contributed by atoms with Gasteiger partial charge in [-0.1, -0.05) is 284 Å². The Morgan fingerprint density at radius 1 is 0.273 bits per heavy atom. The lowest BCUT2D eigenvalue weighted by Gasteiger charge is -2.18. The molecule has 0 aliphatic heterocycles. The molecule has 0 aromatic rings. The number of rotatable bonds is 58. The fourth-order valence-corrected chi connectivity index (χ4v) is 8.92. The van der Waals surface area contributed by atoms with Crippen molar-refractivity contribution >= 4 is 17.9 Å². The van der Waals surface area contributed by atoms with Crippen molar-refractivity contribution in [2.24, 2.45) is 0 Å². The van der Waals surface area contributed by atoms with Gasteiger partial charge in [0.2, 0.25) is 0 Å². The predicted molar refractivity (Wildman–Crippen MR) is 334 cm³/mol. The summed E-state index contributed by atoms with van der Waals surface area (Å²) in [6.45, 7) is 6.44. The monoisotopic (exact) mass is 1070 g/mol. The van der Waals surface area contributed by atoms with Gasteiger partial charge < -0.3 is 14.2 Å². The van der Waals surface area contributed by atoms with E-state index in [4.69, 9.17) is 14.2 Å². The van der Waals surface area contributed by atoms with Gasteiger partial charge >= 0.3 is 17.9 Å². The zero-order valence-corrected chi connectivity index (χ0v) is 50.4. The van der Waals surface area contributed by atoms with Crippen molar-refractivity contribution in [3.8, 4) is 0 Å². The van der Waals surface area contributed by atoms with Crippen LogP contribution >= 0.6 is 0 Å². The second kappa shape index (κ2) is 64.6. The number of hydrogen-bond acceptors (Lipinski definition) is 6. The Morgan fingerprint density at radius 2 is 0.506 bits per heavy atom. The number of hydrogen-bond donors (Lipinski definition) is 0. The van der Waals surface area contributed by atoms with E-state index in [1.807, 2.05) is 0 Å². The van der Waals surface area contributed by atoms with Crippen molar-refractivity contribution in [2.45, 2.75) is 309 Å². The fourth-order valence-electron chi connectivity index (χ4n) is 8.92. The van der Waals surface area contributed by atoms with Crippen molar-refractivity contribution < 1.29 is 28.6 Å².